The van der Waals surface area contributed by atoms with Gasteiger partial charge in [-0.15, -0.1) is 0 Å². The average Bonchev–Trinajstić information content (AvgIpc) is 2.27. The van der Waals surface area contributed by atoms with Crippen LogP contribution in [0.25, 0.3) is 11.1 Å². The molecule has 0 fully saturated rings. The fraction of sp³-hybridized carbons (Fsp3) is 0.0769. The van der Waals surface area contributed by atoms with E-state index in [1.807, 2.05) is 0 Å². The minimum atomic E-state index is -5.04. The van der Waals surface area contributed by atoms with E-state index in [1.165, 1.54) is 0 Å². The monoisotopic (exact) mass is 258 g/mol. The van der Waals surface area contributed by atoms with E-state index in [4.69, 9.17) is 0 Å². The van der Waals surface area contributed by atoms with E-state index < -0.39 is 23.4 Å². The Hall–Kier alpha value is -1.91. The number of alkyl halides is 3. The Kier molecular flexibility index (Phi) is 3.07. The number of hydrogen-bond donors (Lipinski definition) is 0. The topological polar surface area (TPSA) is 0 Å². The Morgan fingerprint density at radius 2 is 1.22 bits per heavy atom. The van der Waals surface area contributed by atoms with Crippen LogP contribution in [-0.4, -0.2) is 0 Å². The lowest BCUT2D eigenvalue weighted by atomic mass is 10.0. The molecule has 5 heteroatoms. The highest BCUT2D eigenvalue weighted by atomic mass is 19.4. The number of halogens is 5. The second-order valence-electron chi connectivity index (χ2n) is 3.68. The lowest BCUT2D eigenvalue weighted by Crippen LogP contribution is -2.11. The first-order chi connectivity index (χ1) is 8.39. The first kappa shape index (κ1) is 12.5. The van der Waals surface area contributed by atoms with Crippen molar-refractivity contribution < 1.29 is 22.0 Å². The summed E-state index contributed by atoms with van der Waals surface area (Å²) in [5, 5.41) is 0. The molecular formula is C13H7F5. The Balaban J connectivity index is 2.57. The van der Waals surface area contributed by atoms with Crippen LogP contribution in [-0.2, 0) is 6.18 Å². The van der Waals surface area contributed by atoms with Gasteiger partial charge in [0.2, 0.25) is 0 Å². The molecule has 94 valence electrons. The van der Waals surface area contributed by atoms with Crippen LogP contribution >= 0.6 is 0 Å². The summed E-state index contributed by atoms with van der Waals surface area (Å²) in [6.07, 6.45) is -5.04. The molecule has 0 spiro atoms. The molecule has 2 aromatic rings. The fourth-order valence-electron chi connectivity index (χ4n) is 1.64. The zero-order valence-corrected chi connectivity index (χ0v) is 8.93. The molecule has 0 saturated heterocycles. The van der Waals surface area contributed by atoms with Crippen molar-refractivity contribution >= 4 is 0 Å². The Morgan fingerprint density at radius 1 is 0.722 bits per heavy atom. The minimum absolute atomic E-state index is 0.0681. The molecule has 0 atom stereocenters. The molecule has 0 aliphatic rings. The number of hydrogen-bond acceptors (Lipinski definition) is 0. The van der Waals surface area contributed by atoms with Gasteiger partial charge in [-0.3, -0.25) is 0 Å². The summed E-state index contributed by atoms with van der Waals surface area (Å²) in [4.78, 5) is 0. The summed E-state index contributed by atoms with van der Waals surface area (Å²) < 4.78 is 63.8. The van der Waals surface area contributed by atoms with E-state index in [1.54, 1.807) is 30.3 Å². The zero-order valence-electron chi connectivity index (χ0n) is 8.93. The van der Waals surface area contributed by atoms with Crippen molar-refractivity contribution in [3.63, 3.8) is 0 Å². The fourth-order valence-corrected chi connectivity index (χ4v) is 1.64. The third kappa shape index (κ3) is 2.34. The highest BCUT2D eigenvalue weighted by molar-refractivity contribution is 5.64. The summed E-state index contributed by atoms with van der Waals surface area (Å²) in [7, 11) is 0. The van der Waals surface area contributed by atoms with Gasteiger partial charge in [0.25, 0.3) is 0 Å². The standard InChI is InChI=1S/C13H7F5/c14-10-6-9(8-4-2-1-3-5-8)7-11(15)12(10)13(16,17)18/h1-7H. The SMILES string of the molecule is Fc1cc(-c2ccccc2)cc(F)c1C(F)(F)F. The molecule has 0 N–H and O–H groups in total. The van der Waals surface area contributed by atoms with Gasteiger partial charge in [0.1, 0.15) is 17.2 Å². The second kappa shape index (κ2) is 4.40. The van der Waals surface area contributed by atoms with E-state index in [0.717, 1.165) is 0 Å². The van der Waals surface area contributed by atoms with Gasteiger partial charge >= 0.3 is 6.18 Å². The minimum Gasteiger partial charge on any atom is -0.206 e. The normalized spacial score (nSPS) is 11.6. The molecule has 0 nitrogen and oxygen atoms in total. The van der Waals surface area contributed by atoms with E-state index in [2.05, 4.69) is 0 Å². The molecule has 0 heterocycles. The molecule has 0 aliphatic heterocycles. The van der Waals surface area contributed by atoms with Crippen molar-refractivity contribution in [2.24, 2.45) is 0 Å². The first-order valence-electron chi connectivity index (χ1n) is 5.01. The molecule has 2 rings (SSSR count). The van der Waals surface area contributed by atoms with Crippen molar-refractivity contribution in [2.75, 3.05) is 0 Å². The van der Waals surface area contributed by atoms with Gasteiger partial charge in [0.15, 0.2) is 0 Å². The quantitative estimate of drug-likeness (QED) is 0.653. The highest BCUT2D eigenvalue weighted by Crippen LogP contribution is 2.35. The molecule has 0 saturated carbocycles. The molecule has 0 radical (unpaired) electrons. The van der Waals surface area contributed by atoms with Crippen LogP contribution in [0.15, 0.2) is 42.5 Å². The lowest BCUT2D eigenvalue weighted by Gasteiger charge is -2.11. The van der Waals surface area contributed by atoms with Gasteiger partial charge in [-0.05, 0) is 23.3 Å². The van der Waals surface area contributed by atoms with Gasteiger partial charge < -0.3 is 0 Å². The Bertz CT molecular complexity index is 534. The van der Waals surface area contributed by atoms with E-state index in [0.29, 0.717) is 17.7 Å². The van der Waals surface area contributed by atoms with Gasteiger partial charge in [-0.25, -0.2) is 8.78 Å². The van der Waals surface area contributed by atoms with Crippen LogP contribution in [0.1, 0.15) is 5.56 Å². The van der Waals surface area contributed by atoms with Gasteiger partial charge in [-0.1, -0.05) is 30.3 Å². The largest absolute Gasteiger partial charge is 0.422 e. The van der Waals surface area contributed by atoms with Crippen LogP contribution in [0.5, 0.6) is 0 Å². The molecule has 0 aliphatic carbocycles. The Morgan fingerprint density at radius 3 is 1.67 bits per heavy atom. The van der Waals surface area contributed by atoms with Crippen LogP contribution in [0.2, 0.25) is 0 Å². The summed E-state index contributed by atoms with van der Waals surface area (Å²) in [6, 6.07) is 9.43. The molecule has 18 heavy (non-hydrogen) atoms. The number of rotatable bonds is 1. The molecule has 0 unspecified atom stereocenters. The van der Waals surface area contributed by atoms with Crippen molar-refractivity contribution in [1.82, 2.24) is 0 Å². The maximum Gasteiger partial charge on any atom is 0.422 e. The summed E-state index contributed by atoms with van der Waals surface area (Å²) in [6.45, 7) is 0. The van der Waals surface area contributed by atoms with E-state index >= 15 is 0 Å². The van der Waals surface area contributed by atoms with Crippen molar-refractivity contribution in [2.45, 2.75) is 6.18 Å². The molecule has 0 amide bonds. The Labute approximate surface area is 99.7 Å². The third-order valence-electron chi connectivity index (χ3n) is 2.43. The molecule has 0 bridgehead atoms. The van der Waals surface area contributed by atoms with Crippen LogP contribution in [0, 0.1) is 11.6 Å². The lowest BCUT2D eigenvalue weighted by molar-refractivity contribution is -0.142. The van der Waals surface area contributed by atoms with Gasteiger partial charge in [-0.2, -0.15) is 13.2 Å². The second-order valence-corrected chi connectivity index (χ2v) is 3.68. The maximum atomic E-state index is 13.3. The van der Waals surface area contributed by atoms with Crippen LogP contribution in [0.3, 0.4) is 0 Å². The predicted molar refractivity (Wildman–Crippen MR) is 56.8 cm³/mol. The van der Waals surface area contributed by atoms with Crippen LogP contribution < -0.4 is 0 Å². The molecular weight excluding hydrogens is 251 g/mol. The van der Waals surface area contributed by atoms with E-state index in [9.17, 15) is 22.0 Å². The summed E-state index contributed by atoms with van der Waals surface area (Å²) in [5.74, 6) is -3.22. The van der Waals surface area contributed by atoms with Gasteiger partial charge in [0, 0.05) is 0 Å². The van der Waals surface area contributed by atoms with Crippen molar-refractivity contribution in [3.05, 3.63) is 59.7 Å². The molecule has 0 aromatic heterocycles. The average molecular weight is 258 g/mol. The molecule has 2 aromatic carbocycles. The van der Waals surface area contributed by atoms with E-state index in [-0.39, 0.29) is 5.56 Å². The number of benzene rings is 2. The van der Waals surface area contributed by atoms with Crippen molar-refractivity contribution in [1.29, 1.82) is 0 Å². The summed E-state index contributed by atoms with van der Waals surface area (Å²) in [5.41, 5.74) is -1.34. The van der Waals surface area contributed by atoms with Gasteiger partial charge in [0.05, 0.1) is 0 Å². The van der Waals surface area contributed by atoms with Crippen LogP contribution in [0.4, 0.5) is 22.0 Å². The highest BCUT2D eigenvalue weighted by Gasteiger charge is 2.37. The first-order valence-corrected chi connectivity index (χ1v) is 5.01. The smallest absolute Gasteiger partial charge is 0.206 e. The maximum absolute atomic E-state index is 13.3. The van der Waals surface area contributed by atoms with Crippen molar-refractivity contribution in [3.8, 4) is 11.1 Å². The predicted octanol–water partition coefficient (Wildman–Crippen LogP) is 4.65. The zero-order chi connectivity index (χ0) is 13.3. The third-order valence-corrected chi connectivity index (χ3v) is 2.43. The summed E-state index contributed by atoms with van der Waals surface area (Å²) >= 11 is 0.